The number of aromatic carboxylic acids is 1. The largest absolute Gasteiger partial charge is 0.476 e. The molecule has 8 heteroatoms. The highest BCUT2D eigenvalue weighted by molar-refractivity contribution is 6.10. The Morgan fingerprint density at radius 1 is 1.24 bits per heavy atom. The van der Waals surface area contributed by atoms with Crippen LogP contribution in [0.25, 0.3) is 22.1 Å². The highest BCUT2D eigenvalue weighted by atomic mass is 16.5. The number of hydrogen-bond acceptors (Lipinski definition) is 5. The summed E-state index contributed by atoms with van der Waals surface area (Å²) in [4.78, 5) is 21.2. The van der Waals surface area contributed by atoms with Gasteiger partial charge in [0.05, 0.1) is 17.3 Å². The van der Waals surface area contributed by atoms with Crippen molar-refractivity contribution in [2.45, 2.75) is 25.8 Å². The van der Waals surface area contributed by atoms with Crippen LogP contribution in [0.5, 0.6) is 0 Å². The lowest BCUT2D eigenvalue weighted by Gasteiger charge is -2.32. The third-order valence-corrected chi connectivity index (χ3v) is 5.79. The number of ether oxygens (including phenoxy) is 1. The van der Waals surface area contributed by atoms with Crippen LogP contribution in [0.1, 0.15) is 40.6 Å². The van der Waals surface area contributed by atoms with Crippen molar-refractivity contribution in [3.8, 4) is 0 Å². The summed E-state index contributed by atoms with van der Waals surface area (Å²) in [5, 5.41) is 16.8. The van der Waals surface area contributed by atoms with Crippen LogP contribution < -0.4 is 0 Å². The summed E-state index contributed by atoms with van der Waals surface area (Å²) in [6.45, 7) is 3.42. The second-order valence-electron chi connectivity index (χ2n) is 7.44. The van der Waals surface area contributed by atoms with Gasteiger partial charge in [0.1, 0.15) is 16.6 Å². The van der Waals surface area contributed by atoms with Gasteiger partial charge < -0.3 is 14.4 Å². The molecule has 4 aromatic rings. The normalized spacial score (nSPS) is 16.4. The van der Waals surface area contributed by atoms with Gasteiger partial charge in [-0.3, -0.25) is 15.1 Å². The Morgan fingerprint density at radius 2 is 2.00 bits per heavy atom. The minimum absolute atomic E-state index is 0.00337. The molecule has 0 radical (unpaired) electrons. The van der Waals surface area contributed by atoms with Crippen LogP contribution in [0.4, 0.5) is 0 Å². The first-order valence-corrected chi connectivity index (χ1v) is 9.72. The number of carboxylic acids is 1. The lowest BCUT2D eigenvalue weighted by molar-refractivity contribution is 0.0545. The highest BCUT2D eigenvalue weighted by Crippen LogP contribution is 2.40. The van der Waals surface area contributed by atoms with Crippen LogP contribution in [-0.2, 0) is 4.74 Å². The number of fused-ring (bicyclic) bond motifs is 3. The number of aromatic amines is 1. The molecule has 0 saturated carbocycles. The van der Waals surface area contributed by atoms with E-state index in [4.69, 9.17) is 9.72 Å². The molecule has 8 nitrogen and oxygen atoms in total. The Hall–Kier alpha value is -3.26. The fourth-order valence-electron chi connectivity index (χ4n) is 4.47. The lowest BCUT2D eigenvalue weighted by atomic mass is 9.87. The molecule has 0 aliphatic carbocycles. The molecule has 1 fully saturated rings. The van der Waals surface area contributed by atoms with Crippen LogP contribution in [0, 0.1) is 12.8 Å². The van der Waals surface area contributed by atoms with Crippen molar-refractivity contribution >= 4 is 28.0 Å². The lowest BCUT2D eigenvalue weighted by Crippen LogP contribution is -2.28. The van der Waals surface area contributed by atoms with Gasteiger partial charge in [0.25, 0.3) is 0 Å². The number of aromatic nitrogens is 5. The average molecular weight is 391 g/mol. The number of aryl methyl sites for hydroxylation is 1. The number of nitrogens with one attached hydrogen (secondary N) is 1. The zero-order valence-corrected chi connectivity index (χ0v) is 16.0. The Morgan fingerprint density at radius 3 is 2.76 bits per heavy atom. The number of nitrogens with zero attached hydrogens (tertiary/aromatic N) is 4. The van der Waals surface area contributed by atoms with Gasteiger partial charge in [0, 0.05) is 25.6 Å². The van der Waals surface area contributed by atoms with Gasteiger partial charge in [-0.25, -0.2) is 4.79 Å². The predicted octanol–water partition coefficient (Wildman–Crippen LogP) is 3.33. The molecule has 0 amide bonds. The quantitative estimate of drug-likeness (QED) is 0.553. The van der Waals surface area contributed by atoms with Crippen LogP contribution >= 0.6 is 0 Å². The van der Waals surface area contributed by atoms with Crippen molar-refractivity contribution in [2.75, 3.05) is 13.2 Å². The SMILES string of the molecule is Cc1cccnc1C(C1CCOCC1)n1c2cccnc2c2[nH]nc(C(=O)O)c21. The van der Waals surface area contributed by atoms with Gasteiger partial charge in [-0.1, -0.05) is 6.07 Å². The summed E-state index contributed by atoms with van der Waals surface area (Å²) in [5.74, 6) is -0.809. The van der Waals surface area contributed by atoms with Gasteiger partial charge in [0.2, 0.25) is 0 Å². The van der Waals surface area contributed by atoms with Crippen LogP contribution in [-0.4, -0.2) is 49.0 Å². The fraction of sp³-hybridized carbons (Fsp3) is 0.333. The van der Waals surface area contributed by atoms with Crippen molar-refractivity contribution in [3.05, 3.63) is 53.6 Å². The molecule has 1 aliphatic rings. The minimum atomic E-state index is -1.07. The number of carboxylic acid groups (broad SMARTS) is 1. The number of pyridine rings is 2. The van der Waals surface area contributed by atoms with Gasteiger partial charge in [0.15, 0.2) is 5.69 Å². The topological polar surface area (TPSA) is 106 Å². The molecular weight excluding hydrogens is 370 g/mol. The molecule has 1 atom stereocenters. The summed E-state index contributed by atoms with van der Waals surface area (Å²) >= 11 is 0. The molecule has 1 aliphatic heterocycles. The van der Waals surface area contributed by atoms with Gasteiger partial charge in [-0.2, -0.15) is 5.10 Å². The first-order chi connectivity index (χ1) is 14.2. The van der Waals surface area contributed by atoms with E-state index in [-0.39, 0.29) is 17.7 Å². The molecule has 0 spiro atoms. The van der Waals surface area contributed by atoms with E-state index in [1.54, 1.807) is 12.4 Å². The molecule has 1 saturated heterocycles. The molecule has 0 aromatic carbocycles. The summed E-state index contributed by atoms with van der Waals surface area (Å²) in [6, 6.07) is 7.68. The monoisotopic (exact) mass is 391 g/mol. The molecule has 5 heterocycles. The van der Waals surface area contributed by atoms with E-state index in [0.29, 0.717) is 29.8 Å². The second-order valence-corrected chi connectivity index (χ2v) is 7.44. The first-order valence-electron chi connectivity index (χ1n) is 9.72. The Kier molecular flexibility index (Phi) is 4.28. The van der Waals surface area contributed by atoms with Crippen molar-refractivity contribution in [1.82, 2.24) is 24.7 Å². The smallest absolute Gasteiger partial charge is 0.358 e. The van der Waals surface area contributed by atoms with Gasteiger partial charge in [-0.05, 0) is 49.4 Å². The number of hydrogen-bond donors (Lipinski definition) is 2. The van der Waals surface area contributed by atoms with E-state index in [9.17, 15) is 9.90 Å². The maximum atomic E-state index is 12.0. The maximum absolute atomic E-state index is 12.0. The third kappa shape index (κ3) is 2.79. The summed E-state index contributed by atoms with van der Waals surface area (Å²) in [5.41, 5.74) is 4.82. The molecular formula is C21H21N5O3. The zero-order valence-electron chi connectivity index (χ0n) is 16.0. The third-order valence-electron chi connectivity index (χ3n) is 5.79. The molecule has 29 heavy (non-hydrogen) atoms. The molecule has 0 bridgehead atoms. The molecule has 1 unspecified atom stereocenters. The van der Waals surface area contributed by atoms with Crippen molar-refractivity contribution in [2.24, 2.45) is 5.92 Å². The number of carbonyl (C=O) groups is 1. The van der Waals surface area contributed by atoms with Crippen molar-refractivity contribution in [1.29, 1.82) is 0 Å². The minimum Gasteiger partial charge on any atom is -0.476 e. The highest BCUT2D eigenvalue weighted by Gasteiger charge is 2.34. The Bertz CT molecular complexity index is 1210. The van der Waals surface area contributed by atoms with E-state index in [2.05, 4.69) is 19.7 Å². The predicted molar refractivity (Wildman–Crippen MR) is 107 cm³/mol. The van der Waals surface area contributed by atoms with Crippen LogP contribution in [0.3, 0.4) is 0 Å². The number of H-pyrrole nitrogens is 1. The molecule has 5 rings (SSSR count). The fourth-order valence-corrected chi connectivity index (χ4v) is 4.47. The summed E-state index contributed by atoms with van der Waals surface area (Å²) in [6.07, 6.45) is 5.26. The zero-order chi connectivity index (χ0) is 20.0. The van der Waals surface area contributed by atoms with E-state index in [1.807, 2.05) is 31.2 Å². The molecule has 2 N–H and O–H groups in total. The summed E-state index contributed by atoms with van der Waals surface area (Å²) in [7, 11) is 0. The molecule has 4 aromatic heterocycles. The van der Waals surface area contributed by atoms with Gasteiger partial charge >= 0.3 is 5.97 Å². The Labute approximate surface area is 166 Å². The van der Waals surface area contributed by atoms with Gasteiger partial charge in [-0.15, -0.1) is 0 Å². The van der Waals surface area contributed by atoms with E-state index >= 15 is 0 Å². The number of rotatable bonds is 4. The standard InChI is InChI=1S/C21H21N5O3/c1-12-4-2-8-22-15(12)19(13-6-10-29-11-7-13)26-14-5-3-9-23-16(14)17-20(26)18(21(27)28)25-24-17/h2-5,8-9,13,19H,6-7,10-11H2,1H3,(H,24,25)(H,27,28). The van der Waals surface area contributed by atoms with Crippen molar-refractivity contribution in [3.63, 3.8) is 0 Å². The molecule has 148 valence electrons. The average Bonchev–Trinajstić information content (AvgIpc) is 3.30. The summed E-state index contributed by atoms with van der Waals surface area (Å²) < 4.78 is 7.68. The van der Waals surface area contributed by atoms with E-state index in [0.717, 1.165) is 29.6 Å². The first kappa shape index (κ1) is 17.8. The van der Waals surface area contributed by atoms with E-state index in [1.165, 1.54) is 0 Å². The van der Waals surface area contributed by atoms with Crippen LogP contribution in [0.2, 0.25) is 0 Å². The van der Waals surface area contributed by atoms with E-state index < -0.39 is 5.97 Å². The van der Waals surface area contributed by atoms with Crippen molar-refractivity contribution < 1.29 is 14.6 Å². The maximum Gasteiger partial charge on any atom is 0.358 e. The second kappa shape index (κ2) is 6.97. The Balaban J connectivity index is 1.86. The van der Waals surface area contributed by atoms with Crippen LogP contribution in [0.15, 0.2) is 36.7 Å².